The minimum atomic E-state index is -0.887. The van der Waals surface area contributed by atoms with E-state index in [-0.39, 0.29) is 11.8 Å². The average Bonchev–Trinajstić information content (AvgIpc) is 3.28. The Morgan fingerprint density at radius 3 is 2.67 bits per heavy atom. The summed E-state index contributed by atoms with van der Waals surface area (Å²) >= 11 is 0. The van der Waals surface area contributed by atoms with E-state index in [9.17, 15) is 9.59 Å². The number of amides is 1. The Morgan fingerprint density at radius 2 is 1.95 bits per heavy atom. The lowest BCUT2D eigenvalue weighted by atomic mass is 10.1. The van der Waals surface area contributed by atoms with Crippen LogP contribution in [0.15, 0.2) is 18.2 Å². The third-order valence-electron chi connectivity index (χ3n) is 3.76. The maximum atomic E-state index is 11.7. The monoisotopic (exact) mass is 291 g/mol. The number of rotatable bonds is 5. The van der Waals surface area contributed by atoms with Crippen LogP contribution in [0.2, 0.25) is 0 Å². The van der Waals surface area contributed by atoms with Gasteiger partial charge in [-0.25, -0.2) is 0 Å². The summed E-state index contributed by atoms with van der Waals surface area (Å²) in [6.07, 6.45) is 1.12. The highest BCUT2D eigenvalue weighted by Gasteiger charge is 2.48. The van der Waals surface area contributed by atoms with E-state index in [1.165, 1.54) is 0 Å². The van der Waals surface area contributed by atoms with Crippen LogP contribution in [-0.4, -0.2) is 36.7 Å². The summed E-state index contributed by atoms with van der Waals surface area (Å²) in [5, 5.41) is 11.6. The van der Waals surface area contributed by atoms with Crippen LogP contribution in [-0.2, 0) is 16.0 Å². The van der Waals surface area contributed by atoms with E-state index >= 15 is 0 Å². The largest absolute Gasteiger partial charge is 0.486 e. The fourth-order valence-electron chi connectivity index (χ4n) is 2.46. The van der Waals surface area contributed by atoms with Gasteiger partial charge in [-0.15, -0.1) is 0 Å². The van der Waals surface area contributed by atoms with Gasteiger partial charge in [0.15, 0.2) is 11.5 Å². The molecule has 0 saturated heterocycles. The smallest absolute Gasteiger partial charge is 0.307 e. The molecule has 0 unspecified atom stereocenters. The van der Waals surface area contributed by atoms with Crippen LogP contribution in [0.5, 0.6) is 11.5 Å². The van der Waals surface area contributed by atoms with Gasteiger partial charge in [0.25, 0.3) is 0 Å². The van der Waals surface area contributed by atoms with Crippen LogP contribution >= 0.6 is 0 Å². The summed E-state index contributed by atoms with van der Waals surface area (Å²) in [4.78, 5) is 22.4. The molecule has 1 aliphatic heterocycles. The van der Waals surface area contributed by atoms with E-state index in [4.69, 9.17) is 14.6 Å². The first-order valence-corrected chi connectivity index (χ1v) is 7.04. The zero-order valence-corrected chi connectivity index (χ0v) is 11.5. The van der Waals surface area contributed by atoms with Gasteiger partial charge in [0.05, 0.1) is 11.8 Å². The van der Waals surface area contributed by atoms with Gasteiger partial charge in [0.1, 0.15) is 13.2 Å². The molecule has 112 valence electrons. The predicted octanol–water partition coefficient (Wildman–Crippen LogP) is 0.837. The van der Waals surface area contributed by atoms with Crippen molar-refractivity contribution in [1.29, 1.82) is 0 Å². The van der Waals surface area contributed by atoms with Gasteiger partial charge in [0, 0.05) is 6.54 Å². The van der Waals surface area contributed by atoms with Crippen molar-refractivity contribution in [2.24, 2.45) is 11.8 Å². The molecule has 1 aromatic carbocycles. The number of carboxylic acids is 1. The summed E-state index contributed by atoms with van der Waals surface area (Å²) in [6.45, 7) is 1.60. The molecule has 6 heteroatoms. The second kappa shape index (κ2) is 5.63. The number of carboxylic acid groups (broad SMARTS) is 1. The summed E-state index contributed by atoms with van der Waals surface area (Å²) < 4.78 is 10.9. The first-order chi connectivity index (χ1) is 10.1. The molecule has 0 radical (unpaired) electrons. The molecule has 1 saturated carbocycles. The Morgan fingerprint density at radius 1 is 1.19 bits per heavy atom. The molecule has 2 atom stereocenters. The Hall–Kier alpha value is -2.24. The number of nitrogens with one attached hydrogen (secondary N) is 1. The Labute approximate surface area is 122 Å². The number of aliphatic carboxylic acids is 1. The van der Waals surface area contributed by atoms with Gasteiger partial charge in [-0.1, -0.05) is 6.07 Å². The number of ether oxygens (including phenoxy) is 2. The van der Waals surface area contributed by atoms with Crippen LogP contribution in [0.1, 0.15) is 12.0 Å². The second-order valence-electron chi connectivity index (χ2n) is 5.31. The topological polar surface area (TPSA) is 84.9 Å². The van der Waals surface area contributed by atoms with Crippen LogP contribution in [0.4, 0.5) is 0 Å². The first kappa shape index (κ1) is 13.7. The molecule has 1 aromatic rings. The second-order valence-corrected chi connectivity index (χ2v) is 5.31. The number of fused-ring (bicyclic) bond motifs is 1. The summed E-state index contributed by atoms with van der Waals surface area (Å²) in [5.41, 5.74) is 1.05. The normalized spacial score (nSPS) is 22.5. The number of hydrogen-bond donors (Lipinski definition) is 2. The standard InChI is InChI=1S/C15H17NO5/c17-14(10-8-11(10)15(18)19)16-4-3-9-1-2-12-13(7-9)21-6-5-20-12/h1-2,7,10-11H,3-6,8H2,(H,16,17)(H,18,19)/t10-,11+/m0/s1. The molecule has 1 heterocycles. The van der Waals surface area contributed by atoms with Gasteiger partial charge >= 0.3 is 5.97 Å². The summed E-state index contributed by atoms with van der Waals surface area (Å²) in [6, 6.07) is 5.72. The van der Waals surface area contributed by atoms with Gasteiger partial charge in [0.2, 0.25) is 5.91 Å². The zero-order chi connectivity index (χ0) is 14.8. The van der Waals surface area contributed by atoms with Crippen LogP contribution in [0.3, 0.4) is 0 Å². The lowest BCUT2D eigenvalue weighted by molar-refractivity contribution is -0.140. The van der Waals surface area contributed by atoms with Crippen molar-refractivity contribution >= 4 is 11.9 Å². The molecular weight excluding hydrogens is 274 g/mol. The highest BCUT2D eigenvalue weighted by Crippen LogP contribution is 2.38. The first-order valence-electron chi connectivity index (χ1n) is 7.04. The predicted molar refractivity (Wildman–Crippen MR) is 73.4 cm³/mol. The fourth-order valence-corrected chi connectivity index (χ4v) is 2.46. The van der Waals surface area contributed by atoms with E-state index in [0.717, 1.165) is 17.1 Å². The van der Waals surface area contributed by atoms with Gasteiger partial charge in [-0.05, 0) is 30.5 Å². The number of carbonyl (C=O) groups is 2. The molecular formula is C15H17NO5. The summed E-state index contributed by atoms with van der Waals surface area (Å²) in [5.74, 6) is -0.432. The lowest BCUT2D eigenvalue weighted by Crippen LogP contribution is -2.28. The molecule has 2 aliphatic rings. The van der Waals surface area contributed by atoms with E-state index in [1.807, 2.05) is 18.2 Å². The molecule has 1 amide bonds. The summed E-state index contributed by atoms with van der Waals surface area (Å²) in [7, 11) is 0. The Bertz CT molecular complexity index is 571. The quantitative estimate of drug-likeness (QED) is 0.839. The molecule has 0 aromatic heterocycles. The Kier molecular flexibility index (Phi) is 3.68. The van der Waals surface area contributed by atoms with Crippen molar-refractivity contribution in [3.05, 3.63) is 23.8 Å². The number of carbonyl (C=O) groups excluding carboxylic acids is 1. The van der Waals surface area contributed by atoms with Gasteiger partial charge in [-0.2, -0.15) is 0 Å². The van der Waals surface area contributed by atoms with Crippen LogP contribution in [0.25, 0.3) is 0 Å². The third kappa shape index (κ3) is 3.09. The van der Waals surface area contributed by atoms with E-state index in [1.54, 1.807) is 0 Å². The lowest BCUT2D eigenvalue weighted by Gasteiger charge is -2.18. The van der Waals surface area contributed by atoms with Crippen molar-refractivity contribution in [1.82, 2.24) is 5.32 Å². The van der Waals surface area contributed by atoms with Crippen molar-refractivity contribution in [3.63, 3.8) is 0 Å². The third-order valence-corrected chi connectivity index (χ3v) is 3.76. The van der Waals surface area contributed by atoms with Crippen LogP contribution in [0, 0.1) is 11.8 Å². The SMILES string of the molecule is O=C(NCCc1ccc2c(c1)OCCO2)[C@H]1C[C@H]1C(=O)O. The van der Waals surface area contributed by atoms with E-state index in [0.29, 0.717) is 32.6 Å². The highest BCUT2D eigenvalue weighted by atomic mass is 16.6. The Balaban J connectivity index is 1.47. The van der Waals surface area contributed by atoms with Crippen molar-refractivity contribution in [3.8, 4) is 11.5 Å². The molecule has 0 bridgehead atoms. The van der Waals surface area contributed by atoms with Crippen molar-refractivity contribution in [2.75, 3.05) is 19.8 Å². The molecule has 1 aliphatic carbocycles. The van der Waals surface area contributed by atoms with Crippen molar-refractivity contribution in [2.45, 2.75) is 12.8 Å². The molecule has 21 heavy (non-hydrogen) atoms. The molecule has 0 spiro atoms. The van der Waals surface area contributed by atoms with Crippen molar-refractivity contribution < 1.29 is 24.2 Å². The maximum Gasteiger partial charge on any atom is 0.307 e. The number of hydrogen-bond acceptors (Lipinski definition) is 4. The van der Waals surface area contributed by atoms with E-state index in [2.05, 4.69) is 5.32 Å². The molecule has 1 fully saturated rings. The molecule has 3 rings (SSSR count). The van der Waals surface area contributed by atoms with Gasteiger partial charge < -0.3 is 19.9 Å². The van der Waals surface area contributed by atoms with Gasteiger partial charge in [-0.3, -0.25) is 9.59 Å². The highest BCUT2D eigenvalue weighted by molar-refractivity contribution is 5.89. The minimum absolute atomic E-state index is 0.167. The average molecular weight is 291 g/mol. The maximum absolute atomic E-state index is 11.7. The van der Waals surface area contributed by atoms with Crippen LogP contribution < -0.4 is 14.8 Å². The number of benzene rings is 1. The zero-order valence-electron chi connectivity index (χ0n) is 11.5. The fraction of sp³-hybridized carbons (Fsp3) is 0.467. The molecule has 6 nitrogen and oxygen atoms in total. The van der Waals surface area contributed by atoms with E-state index < -0.39 is 11.9 Å². The minimum Gasteiger partial charge on any atom is -0.486 e. The molecule has 2 N–H and O–H groups in total.